The number of hydrogen-bond acceptors (Lipinski definition) is 3. The van der Waals surface area contributed by atoms with E-state index in [-0.39, 0.29) is 6.42 Å². The molecule has 0 amide bonds. The van der Waals surface area contributed by atoms with Crippen LogP contribution in [0.3, 0.4) is 0 Å². The average Bonchev–Trinajstić information content (AvgIpc) is 2.58. The van der Waals surface area contributed by atoms with Crippen molar-refractivity contribution < 1.29 is 22.7 Å². The van der Waals surface area contributed by atoms with Crippen LogP contribution in [0.25, 0.3) is 0 Å². The Labute approximate surface area is 138 Å². The molecular weight excluding hydrogens is 319 g/mol. The first-order valence-electron chi connectivity index (χ1n) is 7.41. The number of alkyl halides is 3. The first kappa shape index (κ1) is 18.0. The third kappa shape index (κ3) is 5.09. The summed E-state index contributed by atoms with van der Waals surface area (Å²) in [5, 5.41) is 3.19. The molecule has 0 unspecified atom stereocenters. The Morgan fingerprint density at radius 1 is 1.08 bits per heavy atom. The van der Waals surface area contributed by atoms with Crippen molar-refractivity contribution in [2.75, 3.05) is 7.11 Å². The second-order valence-corrected chi connectivity index (χ2v) is 5.32. The van der Waals surface area contributed by atoms with Crippen LogP contribution in [0.15, 0.2) is 54.6 Å². The molecule has 1 atom stereocenters. The summed E-state index contributed by atoms with van der Waals surface area (Å²) in [5.74, 6) is -0.430. The molecule has 2 aromatic rings. The predicted molar refractivity (Wildman–Crippen MR) is 84.1 cm³/mol. The van der Waals surface area contributed by atoms with E-state index in [1.807, 2.05) is 30.3 Å². The molecule has 0 fully saturated rings. The van der Waals surface area contributed by atoms with Gasteiger partial charge in [-0.3, -0.25) is 4.79 Å². The lowest BCUT2D eigenvalue weighted by atomic mass is 10.0. The molecule has 2 rings (SSSR count). The maximum atomic E-state index is 12.7. The van der Waals surface area contributed by atoms with Crippen molar-refractivity contribution in [3.63, 3.8) is 0 Å². The van der Waals surface area contributed by atoms with Crippen LogP contribution >= 0.6 is 0 Å². The lowest BCUT2D eigenvalue weighted by Crippen LogP contribution is -2.24. The molecule has 0 aromatic heterocycles. The van der Waals surface area contributed by atoms with Crippen LogP contribution in [0.5, 0.6) is 0 Å². The molecule has 0 heterocycles. The Morgan fingerprint density at radius 2 is 1.71 bits per heavy atom. The van der Waals surface area contributed by atoms with Crippen LogP contribution in [0.4, 0.5) is 13.2 Å². The van der Waals surface area contributed by atoms with Crippen LogP contribution in [0.1, 0.15) is 29.2 Å². The molecule has 0 spiro atoms. The van der Waals surface area contributed by atoms with E-state index >= 15 is 0 Å². The summed E-state index contributed by atoms with van der Waals surface area (Å²) >= 11 is 0. The highest BCUT2D eigenvalue weighted by Crippen LogP contribution is 2.30. The van der Waals surface area contributed by atoms with Gasteiger partial charge in [0.15, 0.2) is 0 Å². The van der Waals surface area contributed by atoms with Crippen LogP contribution in [-0.4, -0.2) is 13.1 Å². The molecule has 0 aliphatic heterocycles. The SMILES string of the molecule is COC(=O)C[C@@H](NCc1ccccc1)c1ccc(C(F)(F)F)cc1. The molecule has 3 nitrogen and oxygen atoms in total. The summed E-state index contributed by atoms with van der Waals surface area (Å²) in [4.78, 5) is 11.6. The van der Waals surface area contributed by atoms with E-state index in [4.69, 9.17) is 0 Å². The average molecular weight is 337 g/mol. The zero-order valence-electron chi connectivity index (χ0n) is 13.1. The van der Waals surface area contributed by atoms with Crippen LogP contribution < -0.4 is 5.32 Å². The van der Waals surface area contributed by atoms with Crippen molar-refractivity contribution in [1.82, 2.24) is 5.32 Å². The van der Waals surface area contributed by atoms with Crippen LogP contribution in [0.2, 0.25) is 0 Å². The van der Waals surface area contributed by atoms with E-state index in [0.29, 0.717) is 12.1 Å². The van der Waals surface area contributed by atoms with Crippen LogP contribution in [-0.2, 0) is 22.3 Å². The van der Waals surface area contributed by atoms with Gasteiger partial charge in [-0.15, -0.1) is 0 Å². The molecule has 0 aliphatic carbocycles. The van der Waals surface area contributed by atoms with E-state index in [2.05, 4.69) is 10.1 Å². The molecular formula is C18H18F3NO2. The van der Waals surface area contributed by atoms with E-state index in [0.717, 1.165) is 17.7 Å². The number of rotatable bonds is 6. The number of carbonyl (C=O) groups is 1. The fraction of sp³-hybridized carbons (Fsp3) is 0.278. The molecule has 0 radical (unpaired) electrons. The Hall–Kier alpha value is -2.34. The number of ether oxygens (including phenoxy) is 1. The second kappa shape index (κ2) is 7.97. The van der Waals surface area contributed by atoms with Gasteiger partial charge < -0.3 is 10.1 Å². The summed E-state index contributed by atoms with van der Waals surface area (Å²) in [6.07, 6.45) is -4.34. The Morgan fingerprint density at radius 3 is 2.25 bits per heavy atom. The molecule has 24 heavy (non-hydrogen) atoms. The smallest absolute Gasteiger partial charge is 0.416 e. The molecule has 0 saturated carbocycles. The molecule has 1 N–H and O–H groups in total. The largest absolute Gasteiger partial charge is 0.469 e. The number of esters is 1. The number of hydrogen-bond donors (Lipinski definition) is 1. The van der Waals surface area contributed by atoms with Crippen LogP contribution in [0, 0.1) is 0 Å². The van der Waals surface area contributed by atoms with Crippen molar-refractivity contribution in [3.8, 4) is 0 Å². The first-order valence-corrected chi connectivity index (χ1v) is 7.41. The van der Waals surface area contributed by atoms with E-state index in [1.165, 1.54) is 19.2 Å². The second-order valence-electron chi connectivity index (χ2n) is 5.32. The van der Waals surface area contributed by atoms with E-state index in [1.54, 1.807) is 0 Å². The van der Waals surface area contributed by atoms with Gasteiger partial charge in [-0.05, 0) is 23.3 Å². The van der Waals surface area contributed by atoms with Gasteiger partial charge in [0.25, 0.3) is 0 Å². The van der Waals surface area contributed by atoms with E-state index < -0.39 is 23.8 Å². The standard InChI is InChI=1S/C18H18F3NO2/c1-24-17(23)11-16(22-12-13-5-3-2-4-6-13)14-7-9-15(10-8-14)18(19,20)21/h2-10,16,22H,11-12H2,1H3/t16-/m1/s1. The zero-order valence-corrected chi connectivity index (χ0v) is 13.1. The molecule has 0 aliphatic rings. The molecule has 6 heteroatoms. The van der Waals surface area contributed by atoms with Crippen molar-refractivity contribution in [3.05, 3.63) is 71.3 Å². The third-order valence-electron chi connectivity index (χ3n) is 3.63. The van der Waals surface area contributed by atoms with Gasteiger partial charge >= 0.3 is 12.1 Å². The topological polar surface area (TPSA) is 38.3 Å². The minimum atomic E-state index is -4.38. The summed E-state index contributed by atoms with van der Waals surface area (Å²) in [6.45, 7) is 0.490. The third-order valence-corrected chi connectivity index (χ3v) is 3.63. The fourth-order valence-electron chi connectivity index (χ4n) is 2.30. The van der Waals surface area contributed by atoms with Crippen molar-refractivity contribution in [1.29, 1.82) is 0 Å². The molecule has 2 aromatic carbocycles. The fourth-order valence-corrected chi connectivity index (χ4v) is 2.30. The summed E-state index contributed by atoms with van der Waals surface area (Å²) < 4.78 is 42.7. The highest BCUT2D eigenvalue weighted by Gasteiger charge is 2.30. The molecule has 128 valence electrons. The van der Waals surface area contributed by atoms with Gasteiger partial charge in [0, 0.05) is 12.6 Å². The monoisotopic (exact) mass is 337 g/mol. The number of carbonyl (C=O) groups excluding carboxylic acids is 1. The maximum Gasteiger partial charge on any atom is 0.416 e. The molecule has 0 saturated heterocycles. The number of benzene rings is 2. The van der Waals surface area contributed by atoms with Gasteiger partial charge in [-0.1, -0.05) is 42.5 Å². The summed E-state index contributed by atoms with van der Waals surface area (Å²) in [7, 11) is 1.28. The minimum absolute atomic E-state index is 0.0364. The van der Waals surface area contributed by atoms with Crippen molar-refractivity contribution in [2.24, 2.45) is 0 Å². The van der Waals surface area contributed by atoms with Gasteiger partial charge in [0.1, 0.15) is 0 Å². The molecule has 0 bridgehead atoms. The maximum absolute atomic E-state index is 12.7. The first-order chi connectivity index (χ1) is 11.4. The van der Waals surface area contributed by atoms with Crippen molar-refractivity contribution in [2.45, 2.75) is 25.2 Å². The Kier molecular flexibility index (Phi) is 5.98. The van der Waals surface area contributed by atoms with Gasteiger partial charge in [-0.25, -0.2) is 0 Å². The van der Waals surface area contributed by atoms with Gasteiger partial charge in [0.2, 0.25) is 0 Å². The lowest BCUT2D eigenvalue weighted by Gasteiger charge is -2.19. The van der Waals surface area contributed by atoms with E-state index in [9.17, 15) is 18.0 Å². The van der Waals surface area contributed by atoms with Gasteiger partial charge in [-0.2, -0.15) is 13.2 Å². The number of nitrogens with one attached hydrogen (secondary N) is 1. The number of methoxy groups -OCH3 is 1. The summed E-state index contributed by atoms with van der Waals surface area (Å²) in [6, 6.07) is 13.9. The van der Waals surface area contributed by atoms with Gasteiger partial charge in [0.05, 0.1) is 19.1 Å². The highest BCUT2D eigenvalue weighted by molar-refractivity contribution is 5.70. The predicted octanol–water partition coefficient (Wildman–Crippen LogP) is 4.10. The minimum Gasteiger partial charge on any atom is -0.469 e. The zero-order chi connectivity index (χ0) is 17.6. The normalized spacial score (nSPS) is 12.7. The summed E-state index contributed by atoms with van der Waals surface area (Å²) in [5.41, 5.74) is 0.898. The Bertz CT molecular complexity index is 654. The van der Waals surface area contributed by atoms with Crippen molar-refractivity contribution >= 4 is 5.97 Å². The highest BCUT2D eigenvalue weighted by atomic mass is 19.4. The lowest BCUT2D eigenvalue weighted by molar-refractivity contribution is -0.141. The quantitative estimate of drug-likeness (QED) is 0.807. The number of halogens is 3. The Balaban J connectivity index is 2.14.